The van der Waals surface area contributed by atoms with E-state index in [0.29, 0.717) is 6.20 Å². The summed E-state index contributed by atoms with van der Waals surface area (Å²) in [6, 6.07) is -0.728. The lowest BCUT2D eigenvalue weighted by molar-refractivity contribution is -0.199. The molecule has 22 heavy (non-hydrogen) atoms. The first-order valence-corrected chi connectivity index (χ1v) is 6.72. The van der Waals surface area contributed by atoms with Crippen LogP contribution in [0.25, 0.3) is 0 Å². The zero-order valence-corrected chi connectivity index (χ0v) is 12.4. The lowest BCUT2D eigenvalue weighted by Gasteiger charge is -2.29. The predicted octanol–water partition coefficient (Wildman–Crippen LogP) is 0.852. The predicted molar refractivity (Wildman–Crippen MR) is 70.0 cm³/mol. The highest BCUT2D eigenvalue weighted by molar-refractivity contribution is 5.77. The summed E-state index contributed by atoms with van der Waals surface area (Å²) in [4.78, 5) is 23.2. The van der Waals surface area contributed by atoms with Gasteiger partial charge in [-0.05, 0) is 13.8 Å². The minimum absolute atomic E-state index is 0.0506. The van der Waals surface area contributed by atoms with Crippen LogP contribution >= 0.6 is 0 Å². The number of fused-ring (bicyclic) bond motifs is 1. The second kappa shape index (κ2) is 6.27. The number of hydrogen-bond acceptors (Lipinski definition) is 5. The van der Waals surface area contributed by atoms with E-state index in [1.54, 1.807) is 13.8 Å². The van der Waals surface area contributed by atoms with Gasteiger partial charge in [0.1, 0.15) is 25.0 Å². The van der Waals surface area contributed by atoms with Crippen molar-refractivity contribution in [2.24, 2.45) is 0 Å². The van der Waals surface area contributed by atoms with Crippen LogP contribution in [-0.2, 0) is 19.0 Å². The van der Waals surface area contributed by atoms with Crippen LogP contribution in [0.3, 0.4) is 0 Å². The molecular formula is C13H18F2N2O5. The van der Waals surface area contributed by atoms with E-state index in [-0.39, 0.29) is 6.29 Å². The van der Waals surface area contributed by atoms with Gasteiger partial charge in [0.05, 0.1) is 6.20 Å². The van der Waals surface area contributed by atoms with Crippen molar-refractivity contribution in [1.29, 1.82) is 0 Å². The molecule has 2 rings (SSSR count). The summed E-state index contributed by atoms with van der Waals surface area (Å²) in [6.45, 7) is 2.44. The van der Waals surface area contributed by atoms with E-state index in [1.165, 1.54) is 7.05 Å². The summed E-state index contributed by atoms with van der Waals surface area (Å²) >= 11 is 0. The number of ether oxygens (including phenoxy) is 3. The fourth-order valence-corrected chi connectivity index (χ4v) is 2.55. The number of carbonyl (C=O) groups excluding carboxylic acids is 2. The van der Waals surface area contributed by atoms with E-state index in [0.717, 1.165) is 4.90 Å². The Morgan fingerprint density at radius 1 is 1.36 bits per heavy atom. The molecule has 2 saturated heterocycles. The topological polar surface area (TPSA) is 77.1 Å². The van der Waals surface area contributed by atoms with E-state index in [4.69, 9.17) is 14.2 Å². The molecule has 0 aromatic rings. The van der Waals surface area contributed by atoms with Gasteiger partial charge in [-0.3, -0.25) is 9.69 Å². The summed E-state index contributed by atoms with van der Waals surface area (Å²) in [5.41, 5.74) is 0. The molecule has 7 nitrogen and oxygen atoms in total. The van der Waals surface area contributed by atoms with E-state index in [9.17, 15) is 18.4 Å². The standard InChI is InChI=1S/C13H18F2N2O5/c1-13(2)21-9-8(4-14)20-11(10(9)22-13)17(12(19)16-3)5-7(15)6-18/h5-6,8-11H,4H2,1-3H3,(H,16,19)/b7-5+/t8-,9-,10-,11-/m1/s1. The quantitative estimate of drug-likeness (QED) is 0.614. The number of hydrogen-bond donors (Lipinski definition) is 1. The molecule has 2 heterocycles. The molecule has 0 spiro atoms. The zero-order valence-electron chi connectivity index (χ0n) is 12.4. The summed E-state index contributed by atoms with van der Waals surface area (Å²) < 4.78 is 43.0. The number of aldehydes is 1. The number of carbonyl (C=O) groups is 2. The van der Waals surface area contributed by atoms with Crippen molar-refractivity contribution in [3.8, 4) is 0 Å². The summed E-state index contributed by atoms with van der Waals surface area (Å²) in [6.07, 6.45) is -2.96. The van der Waals surface area contributed by atoms with Gasteiger partial charge in [0.2, 0.25) is 0 Å². The van der Waals surface area contributed by atoms with Gasteiger partial charge in [-0.2, -0.15) is 0 Å². The number of rotatable bonds is 4. The van der Waals surface area contributed by atoms with Crippen molar-refractivity contribution in [1.82, 2.24) is 10.2 Å². The van der Waals surface area contributed by atoms with Crippen LogP contribution in [0.1, 0.15) is 13.8 Å². The third-order valence-electron chi connectivity index (χ3n) is 3.37. The first-order chi connectivity index (χ1) is 10.3. The Morgan fingerprint density at radius 3 is 2.55 bits per heavy atom. The highest BCUT2D eigenvalue weighted by Crippen LogP contribution is 2.40. The largest absolute Gasteiger partial charge is 0.346 e. The molecule has 0 radical (unpaired) electrons. The minimum Gasteiger partial charge on any atom is -0.346 e. The van der Waals surface area contributed by atoms with E-state index in [1.807, 2.05) is 0 Å². The van der Waals surface area contributed by atoms with Crippen LogP contribution in [0, 0.1) is 0 Å². The smallest absolute Gasteiger partial charge is 0.323 e. The number of urea groups is 1. The van der Waals surface area contributed by atoms with Crippen LogP contribution in [0.5, 0.6) is 0 Å². The molecule has 2 amide bonds. The van der Waals surface area contributed by atoms with Crippen molar-refractivity contribution in [3.63, 3.8) is 0 Å². The number of nitrogens with one attached hydrogen (secondary N) is 1. The number of alkyl halides is 1. The second-order valence-electron chi connectivity index (χ2n) is 5.38. The van der Waals surface area contributed by atoms with Crippen LogP contribution in [0.2, 0.25) is 0 Å². The van der Waals surface area contributed by atoms with Crippen molar-refractivity contribution >= 4 is 12.3 Å². The Labute approximate surface area is 126 Å². The molecule has 0 aliphatic carbocycles. The van der Waals surface area contributed by atoms with Crippen LogP contribution in [0.15, 0.2) is 12.0 Å². The third-order valence-corrected chi connectivity index (χ3v) is 3.37. The van der Waals surface area contributed by atoms with Gasteiger partial charge in [0, 0.05) is 7.05 Å². The molecule has 4 atom stereocenters. The van der Waals surface area contributed by atoms with Gasteiger partial charge in [0.15, 0.2) is 24.1 Å². The number of nitrogens with zero attached hydrogens (tertiary/aromatic N) is 1. The highest BCUT2D eigenvalue weighted by Gasteiger charge is 2.57. The summed E-state index contributed by atoms with van der Waals surface area (Å²) in [7, 11) is 1.33. The Bertz CT molecular complexity index is 485. The Hall–Kier alpha value is -1.58. The first kappa shape index (κ1) is 16.8. The molecule has 2 fully saturated rings. The summed E-state index contributed by atoms with van der Waals surface area (Å²) in [5.74, 6) is -2.16. The molecule has 9 heteroatoms. The number of allylic oxidation sites excluding steroid dienone is 1. The molecule has 0 unspecified atom stereocenters. The zero-order chi connectivity index (χ0) is 16.5. The van der Waals surface area contributed by atoms with Gasteiger partial charge in [-0.25, -0.2) is 13.6 Å². The molecule has 0 aromatic heterocycles. The fraction of sp³-hybridized carbons (Fsp3) is 0.692. The maximum Gasteiger partial charge on any atom is 0.323 e. The van der Waals surface area contributed by atoms with Crippen LogP contribution < -0.4 is 5.32 Å². The maximum absolute atomic E-state index is 13.3. The molecule has 0 aromatic carbocycles. The minimum atomic E-state index is -1.18. The Morgan fingerprint density at radius 2 is 2.00 bits per heavy atom. The lowest BCUT2D eigenvalue weighted by Crippen LogP contribution is -2.47. The lowest BCUT2D eigenvalue weighted by atomic mass is 10.1. The van der Waals surface area contributed by atoms with Gasteiger partial charge >= 0.3 is 6.03 Å². The molecule has 2 aliphatic rings. The Kier molecular flexibility index (Phi) is 4.78. The number of halogens is 2. The van der Waals surface area contributed by atoms with Crippen LogP contribution in [0.4, 0.5) is 13.6 Å². The fourth-order valence-electron chi connectivity index (χ4n) is 2.55. The second-order valence-corrected chi connectivity index (χ2v) is 5.38. The molecule has 1 N–H and O–H groups in total. The van der Waals surface area contributed by atoms with Crippen molar-refractivity contribution in [2.45, 2.75) is 44.2 Å². The van der Waals surface area contributed by atoms with Gasteiger partial charge < -0.3 is 19.5 Å². The van der Waals surface area contributed by atoms with E-state index in [2.05, 4.69) is 5.32 Å². The monoisotopic (exact) mass is 320 g/mol. The first-order valence-electron chi connectivity index (χ1n) is 6.72. The van der Waals surface area contributed by atoms with Crippen molar-refractivity contribution in [3.05, 3.63) is 12.0 Å². The third kappa shape index (κ3) is 3.11. The van der Waals surface area contributed by atoms with E-state index >= 15 is 0 Å². The van der Waals surface area contributed by atoms with Gasteiger partial charge in [-0.15, -0.1) is 0 Å². The van der Waals surface area contributed by atoms with Crippen molar-refractivity contribution in [2.75, 3.05) is 13.7 Å². The van der Waals surface area contributed by atoms with E-state index < -0.39 is 48.9 Å². The molecule has 0 saturated carbocycles. The van der Waals surface area contributed by atoms with Crippen LogP contribution in [-0.4, -0.2) is 61.3 Å². The highest BCUT2D eigenvalue weighted by atomic mass is 19.1. The normalized spacial score (nSPS) is 33.4. The van der Waals surface area contributed by atoms with Gasteiger partial charge in [0.25, 0.3) is 0 Å². The number of amides is 2. The average Bonchev–Trinajstić information content (AvgIpc) is 2.96. The van der Waals surface area contributed by atoms with Gasteiger partial charge in [-0.1, -0.05) is 0 Å². The maximum atomic E-state index is 13.3. The van der Waals surface area contributed by atoms with Crippen molar-refractivity contribution < 1.29 is 32.6 Å². The summed E-state index contributed by atoms with van der Waals surface area (Å²) in [5, 5.41) is 2.29. The Balaban J connectivity index is 2.31. The molecule has 2 aliphatic heterocycles. The molecule has 124 valence electrons. The SMILES string of the molecule is CNC(=O)N(/C=C(/F)C=O)[C@@H]1O[C@H](CF)[C@H]2OC(C)(C)O[C@H]21. The average molecular weight is 320 g/mol. The molecular weight excluding hydrogens is 302 g/mol. The molecule has 0 bridgehead atoms.